The molecule has 0 aliphatic heterocycles. The number of furan rings is 1. The number of hydrogen-bond donors (Lipinski definition) is 1. The number of halogens is 1. The van der Waals surface area contributed by atoms with Crippen LogP contribution in [0.3, 0.4) is 0 Å². The molecule has 0 aliphatic carbocycles. The molecule has 0 spiro atoms. The van der Waals surface area contributed by atoms with Crippen LogP contribution in [0.15, 0.2) is 45.6 Å². The first-order chi connectivity index (χ1) is 7.77. The number of nitrogens with zero attached hydrogens (tertiary/aromatic N) is 2. The minimum absolute atomic E-state index is 0.575. The average Bonchev–Trinajstić information content (AvgIpc) is 2.84. The van der Waals surface area contributed by atoms with Crippen molar-refractivity contribution in [1.29, 1.82) is 0 Å². The molecule has 5 heteroatoms. The average molecular weight is 278 g/mol. The maximum atomic E-state index is 6.02. The Morgan fingerprint density at radius 3 is 2.88 bits per heavy atom. The Morgan fingerprint density at radius 1 is 1.31 bits per heavy atom. The molecule has 4 nitrogen and oxygen atoms in total. The van der Waals surface area contributed by atoms with E-state index in [1.54, 1.807) is 6.26 Å². The molecular weight excluding hydrogens is 270 g/mol. The van der Waals surface area contributed by atoms with Crippen LogP contribution in [0, 0.1) is 0 Å². The molecule has 0 saturated heterocycles. The molecule has 0 bridgehead atoms. The van der Waals surface area contributed by atoms with Crippen LogP contribution in [0.25, 0.3) is 17.1 Å². The third kappa shape index (κ3) is 1.25. The second kappa shape index (κ2) is 3.38. The fourth-order valence-electron chi connectivity index (χ4n) is 1.64. The smallest absolute Gasteiger partial charge is 0.170 e. The van der Waals surface area contributed by atoms with Crippen molar-refractivity contribution in [2.24, 2.45) is 0 Å². The van der Waals surface area contributed by atoms with Crippen molar-refractivity contribution in [3.8, 4) is 11.5 Å². The van der Waals surface area contributed by atoms with Gasteiger partial charge in [-0.05, 0) is 34.1 Å². The van der Waals surface area contributed by atoms with Crippen LogP contribution in [-0.2, 0) is 0 Å². The monoisotopic (exact) mass is 277 g/mol. The van der Waals surface area contributed by atoms with Crippen molar-refractivity contribution in [3.63, 3.8) is 0 Å². The van der Waals surface area contributed by atoms with Crippen LogP contribution in [-0.4, -0.2) is 9.38 Å². The van der Waals surface area contributed by atoms with Gasteiger partial charge in [0.2, 0.25) is 0 Å². The molecule has 3 rings (SSSR count). The molecule has 0 radical (unpaired) electrons. The van der Waals surface area contributed by atoms with E-state index in [4.69, 9.17) is 10.2 Å². The third-order valence-electron chi connectivity index (χ3n) is 2.40. The third-order valence-corrected chi connectivity index (χ3v) is 3.02. The van der Waals surface area contributed by atoms with Gasteiger partial charge in [0.1, 0.15) is 17.2 Å². The number of nitrogens with two attached hydrogens (primary N) is 1. The fourth-order valence-corrected chi connectivity index (χ4v) is 2.03. The molecule has 3 aromatic heterocycles. The van der Waals surface area contributed by atoms with E-state index in [0.29, 0.717) is 17.3 Å². The number of hydrogen-bond acceptors (Lipinski definition) is 3. The highest BCUT2D eigenvalue weighted by Crippen LogP contribution is 2.32. The summed E-state index contributed by atoms with van der Waals surface area (Å²) in [5, 5.41) is 0. The fraction of sp³-hybridized carbons (Fsp3) is 0. The molecule has 0 atom stereocenters. The highest BCUT2D eigenvalue weighted by atomic mass is 79.9. The maximum absolute atomic E-state index is 6.02. The Hall–Kier alpha value is -1.75. The minimum Gasteiger partial charge on any atom is -0.461 e. The molecular formula is C11H8BrN3O. The quantitative estimate of drug-likeness (QED) is 0.744. The highest BCUT2D eigenvalue weighted by Gasteiger charge is 2.16. The SMILES string of the molecule is Nc1c(-c2occc2Br)nc2ccccn12. The summed E-state index contributed by atoms with van der Waals surface area (Å²) in [4.78, 5) is 4.43. The van der Waals surface area contributed by atoms with E-state index in [-0.39, 0.29) is 0 Å². The van der Waals surface area contributed by atoms with E-state index in [1.807, 2.05) is 34.9 Å². The molecule has 0 aliphatic rings. The van der Waals surface area contributed by atoms with E-state index in [0.717, 1.165) is 10.1 Å². The van der Waals surface area contributed by atoms with Crippen LogP contribution in [0.5, 0.6) is 0 Å². The van der Waals surface area contributed by atoms with Crippen LogP contribution >= 0.6 is 15.9 Å². The van der Waals surface area contributed by atoms with Gasteiger partial charge in [0.15, 0.2) is 5.76 Å². The molecule has 0 saturated carbocycles. The number of pyridine rings is 1. The van der Waals surface area contributed by atoms with E-state index in [1.165, 1.54) is 0 Å². The van der Waals surface area contributed by atoms with Gasteiger partial charge in [0.25, 0.3) is 0 Å². The molecule has 0 amide bonds. The number of rotatable bonds is 1. The van der Waals surface area contributed by atoms with E-state index < -0.39 is 0 Å². The highest BCUT2D eigenvalue weighted by molar-refractivity contribution is 9.10. The zero-order chi connectivity index (χ0) is 11.1. The first kappa shape index (κ1) is 9.47. The molecule has 0 unspecified atom stereocenters. The van der Waals surface area contributed by atoms with Gasteiger partial charge in [-0.3, -0.25) is 4.40 Å². The molecule has 0 aromatic carbocycles. The Balaban J connectivity index is 2.33. The van der Waals surface area contributed by atoms with Crippen molar-refractivity contribution in [3.05, 3.63) is 41.2 Å². The van der Waals surface area contributed by atoms with E-state index >= 15 is 0 Å². The Labute approximate surface area is 99.8 Å². The van der Waals surface area contributed by atoms with Gasteiger partial charge in [0, 0.05) is 6.20 Å². The van der Waals surface area contributed by atoms with Gasteiger partial charge >= 0.3 is 0 Å². The second-order valence-electron chi connectivity index (χ2n) is 3.37. The number of imidazole rings is 1. The summed E-state index contributed by atoms with van der Waals surface area (Å²) in [7, 11) is 0. The van der Waals surface area contributed by atoms with Crippen molar-refractivity contribution < 1.29 is 4.42 Å². The first-order valence-electron chi connectivity index (χ1n) is 4.73. The van der Waals surface area contributed by atoms with Crippen molar-refractivity contribution in [2.75, 3.05) is 5.73 Å². The number of anilines is 1. The number of fused-ring (bicyclic) bond motifs is 1. The van der Waals surface area contributed by atoms with Crippen LogP contribution in [0.2, 0.25) is 0 Å². The molecule has 80 valence electrons. The second-order valence-corrected chi connectivity index (χ2v) is 4.23. The van der Waals surface area contributed by atoms with Crippen molar-refractivity contribution in [2.45, 2.75) is 0 Å². The van der Waals surface area contributed by atoms with Gasteiger partial charge in [-0.15, -0.1) is 0 Å². The maximum Gasteiger partial charge on any atom is 0.170 e. The number of aromatic nitrogens is 2. The zero-order valence-corrected chi connectivity index (χ0v) is 9.81. The van der Waals surface area contributed by atoms with Gasteiger partial charge in [-0.2, -0.15) is 0 Å². The summed E-state index contributed by atoms with van der Waals surface area (Å²) in [6.45, 7) is 0. The predicted octanol–water partition coefficient (Wildman–Crippen LogP) is 2.94. The molecule has 2 N–H and O–H groups in total. The van der Waals surface area contributed by atoms with Gasteiger partial charge in [-0.1, -0.05) is 6.07 Å². The normalized spacial score (nSPS) is 11.1. The summed E-state index contributed by atoms with van der Waals surface area (Å²) in [6.07, 6.45) is 3.47. The lowest BCUT2D eigenvalue weighted by Gasteiger charge is -1.95. The molecule has 0 fully saturated rings. The van der Waals surface area contributed by atoms with Crippen molar-refractivity contribution in [1.82, 2.24) is 9.38 Å². The van der Waals surface area contributed by atoms with Gasteiger partial charge in [0.05, 0.1) is 10.7 Å². The first-order valence-corrected chi connectivity index (χ1v) is 5.52. The number of nitrogen functional groups attached to an aromatic ring is 1. The summed E-state index contributed by atoms with van der Waals surface area (Å²) < 4.78 is 8.03. The zero-order valence-electron chi connectivity index (χ0n) is 8.22. The van der Waals surface area contributed by atoms with E-state index in [2.05, 4.69) is 20.9 Å². The van der Waals surface area contributed by atoms with Crippen LogP contribution in [0.1, 0.15) is 0 Å². The Morgan fingerprint density at radius 2 is 2.19 bits per heavy atom. The minimum atomic E-state index is 0.575. The lowest BCUT2D eigenvalue weighted by atomic mass is 10.3. The summed E-state index contributed by atoms with van der Waals surface area (Å²) >= 11 is 3.40. The van der Waals surface area contributed by atoms with Gasteiger partial charge in [-0.25, -0.2) is 4.98 Å². The Kier molecular flexibility index (Phi) is 2.00. The largest absolute Gasteiger partial charge is 0.461 e. The molecule has 3 heterocycles. The Bertz CT molecular complexity index is 656. The summed E-state index contributed by atoms with van der Waals surface area (Å²) in [6, 6.07) is 7.55. The van der Waals surface area contributed by atoms with Crippen molar-refractivity contribution >= 4 is 27.4 Å². The van der Waals surface area contributed by atoms with Crippen LogP contribution < -0.4 is 5.73 Å². The molecule has 16 heavy (non-hydrogen) atoms. The lowest BCUT2D eigenvalue weighted by Crippen LogP contribution is -1.93. The summed E-state index contributed by atoms with van der Waals surface area (Å²) in [5.41, 5.74) is 7.48. The predicted molar refractivity (Wildman–Crippen MR) is 65.0 cm³/mol. The lowest BCUT2D eigenvalue weighted by molar-refractivity contribution is 0.579. The molecule has 3 aromatic rings. The van der Waals surface area contributed by atoms with E-state index in [9.17, 15) is 0 Å². The van der Waals surface area contributed by atoms with Gasteiger partial charge < -0.3 is 10.2 Å². The standard InChI is InChI=1S/C11H8BrN3O/c12-7-4-6-16-10(7)9-11(13)15-5-2-1-3-8(15)14-9/h1-6H,13H2. The topological polar surface area (TPSA) is 56.5 Å². The summed E-state index contributed by atoms with van der Waals surface area (Å²) in [5.74, 6) is 1.23. The van der Waals surface area contributed by atoms with Crippen LogP contribution in [0.4, 0.5) is 5.82 Å².